The molecular weight excluding hydrogens is 228 g/mol. The van der Waals surface area contributed by atoms with Gasteiger partial charge >= 0.3 is 0 Å². The maximum absolute atomic E-state index is 12.1. The Labute approximate surface area is 110 Å². The maximum Gasteiger partial charge on any atom is 0.222 e. The number of piperidine rings is 2. The van der Waals surface area contributed by atoms with Gasteiger partial charge in [0.05, 0.1) is 0 Å². The van der Waals surface area contributed by atoms with E-state index in [1.807, 2.05) is 0 Å². The van der Waals surface area contributed by atoms with Crippen LogP contribution in [-0.2, 0) is 9.53 Å². The zero-order valence-electron chi connectivity index (χ0n) is 11.5. The van der Waals surface area contributed by atoms with E-state index in [4.69, 9.17) is 4.74 Å². The Bertz CT molecular complexity index is 269. The number of nitrogens with one attached hydrogen (secondary N) is 1. The third kappa shape index (κ3) is 3.45. The largest absolute Gasteiger partial charge is 0.385 e. The molecule has 0 aromatic carbocycles. The summed E-state index contributed by atoms with van der Waals surface area (Å²) in [6.45, 7) is 4.84. The summed E-state index contributed by atoms with van der Waals surface area (Å²) < 4.78 is 5.01. The van der Waals surface area contributed by atoms with Crippen LogP contribution in [0.3, 0.4) is 0 Å². The lowest BCUT2D eigenvalue weighted by Gasteiger charge is -2.45. The summed E-state index contributed by atoms with van der Waals surface area (Å²) in [5, 5.41) is 3.50. The van der Waals surface area contributed by atoms with Crippen molar-refractivity contribution in [2.75, 3.05) is 39.9 Å². The van der Waals surface area contributed by atoms with Gasteiger partial charge in [0.2, 0.25) is 5.91 Å². The highest BCUT2D eigenvalue weighted by Crippen LogP contribution is 2.36. The van der Waals surface area contributed by atoms with Crippen molar-refractivity contribution >= 4 is 5.91 Å². The summed E-state index contributed by atoms with van der Waals surface area (Å²) >= 11 is 0. The Morgan fingerprint density at radius 1 is 1.39 bits per heavy atom. The van der Waals surface area contributed by atoms with Crippen LogP contribution in [0.25, 0.3) is 0 Å². The molecule has 0 aliphatic carbocycles. The lowest BCUT2D eigenvalue weighted by atomic mass is 9.74. The lowest BCUT2D eigenvalue weighted by molar-refractivity contribution is -0.135. The number of ether oxygens (including phenoxy) is 1. The number of nitrogens with zero attached hydrogens (tertiary/aromatic N) is 1. The fraction of sp³-hybridized carbons (Fsp3) is 0.929. The molecule has 0 aromatic rings. The first-order valence-electron chi connectivity index (χ1n) is 7.23. The number of hydrogen-bond acceptors (Lipinski definition) is 3. The average molecular weight is 254 g/mol. The minimum absolute atomic E-state index is 0.316. The minimum Gasteiger partial charge on any atom is -0.385 e. The number of carbonyl (C=O) groups is 1. The van der Waals surface area contributed by atoms with E-state index in [9.17, 15) is 4.79 Å². The van der Waals surface area contributed by atoms with E-state index in [0.29, 0.717) is 24.3 Å². The molecule has 2 aliphatic heterocycles. The van der Waals surface area contributed by atoms with Crippen LogP contribution >= 0.6 is 0 Å². The molecule has 0 saturated carbocycles. The Kier molecular flexibility index (Phi) is 5.01. The summed E-state index contributed by atoms with van der Waals surface area (Å²) in [4.78, 5) is 14.2. The number of amides is 1. The number of hydrogen-bond donors (Lipinski definition) is 1. The van der Waals surface area contributed by atoms with E-state index < -0.39 is 0 Å². The summed E-state index contributed by atoms with van der Waals surface area (Å²) in [7, 11) is 1.69. The van der Waals surface area contributed by atoms with Gasteiger partial charge in [-0.3, -0.25) is 4.79 Å². The molecule has 0 aromatic heterocycles. The van der Waals surface area contributed by atoms with E-state index in [0.717, 1.165) is 39.0 Å². The van der Waals surface area contributed by atoms with Crippen molar-refractivity contribution in [1.82, 2.24) is 10.2 Å². The van der Waals surface area contributed by atoms with E-state index in [-0.39, 0.29) is 0 Å². The van der Waals surface area contributed by atoms with Crippen molar-refractivity contribution in [3.05, 3.63) is 0 Å². The molecule has 2 rings (SSSR count). The maximum atomic E-state index is 12.1. The van der Waals surface area contributed by atoms with Crippen LogP contribution in [0.1, 0.15) is 38.5 Å². The van der Waals surface area contributed by atoms with Crippen LogP contribution in [0.2, 0.25) is 0 Å². The van der Waals surface area contributed by atoms with Gasteiger partial charge in [-0.05, 0) is 38.6 Å². The van der Waals surface area contributed by atoms with Gasteiger partial charge < -0.3 is 15.0 Å². The molecule has 2 fully saturated rings. The van der Waals surface area contributed by atoms with Crippen LogP contribution in [0.5, 0.6) is 0 Å². The van der Waals surface area contributed by atoms with Gasteiger partial charge in [-0.25, -0.2) is 0 Å². The molecule has 0 bridgehead atoms. The number of carbonyl (C=O) groups excluding carboxylic acids is 1. The van der Waals surface area contributed by atoms with E-state index in [1.54, 1.807) is 7.11 Å². The van der Waals surface area contributed by atoms with Crippen molar-refractivity contribution in [3.8, 4) is 0 Å². The predicted octanol–water partition coefficient (Wildman–Crippen LogP) is 1.41. The van der Waals surface area contributed by atoms with Crippen LogP contribution in [0, 0.1) is 5.41 Å². The summed E-state index contributed by atoms with van der Waals surface area (Å²) in [6.07, 6.45) is 6.46. The Morgan fingerprint density at radius 2 is 2.22 bits per heavy atom. The molecule has 4 heteroatoms. The number of likely N-dealkylation sites (tertiary alicyclic amines) is 1. The Balaban J connectivity index is 1.83. The first-order valence-corrected chi connectivity index (χ1v) is 7.23. The summed E-state index contributed by atoms with van der Waals surface area (Å²) in [5.74, 6) is 0.316. The standard InChI is InChI=1S/C14H26N2O2/c1-18-10-2-5-13(17)16-9-4-7-14(12-16)6-3-8-15-11-14/h15H,2-12H2,1H3. The zero-order chi connectivity index (χ0) is 12.8. The van der Waals surface area contributed by atoms with Crippen molar-refractivity contribution in [2.24, 2.45) is 5.41 Å². The molecule has 4 nitrogen and oxygen atoms in total. The second-order valence-electron chi connectivity index (χ2n) is 5.80. The molecule has 18 heavy (non-hydrogen) atoms. The van der Waals surface area contributed by atoms with Gasteiger partial charge in [-0.2, -0.15) is 0 Å². The molecule has 1 unspecified atom stereocenters. The normalized spacial score (nSPS) is 28.6. The minimum atomic E-state index is 0.316. The van der Waals surface area contributed by atoms with Gasteiger partial charge in [0, 0.05) is 45.2 Å². The molecule has 1 N–H and O–H groups in total. The SMILES string of the molecule is COCCCC(=O)N1CCCC2(CCCNC2)C1. The van der Waals surface area contributed by atoms with Crippen LogP contribution in [0.4, 0.5) is 0 Å². The van der Waals surface area contributed by atoms with Crippen molar-refractivity contribution in [1.29, 1.82) is 0 Å². The van der Waals surface area contributed by atoms with Gasteiger partial charge in [-0.1, -0.05) is 0 Å². The van der Waals surface area contributed by atoms with Crippen molar-refractivity contribution in [3.63, 3.8) is 0 Å². The topological polar surface area (TPSA) is 41.6 Å². The summed E-state index contributed by atoms with van der Waals surface area (Å²) in [6, 6.07) is 0. The van der Waals surface area contributed by atoms with Crippen LogP contribution in [0.15, 0.2) is 0 Å². The van der Waals surface area contributed by atoms with Gasteiger partial charge in [0.25, 0.3) is 0 Å². The van der Waals surface area contributed by atoms with Crippen molar-refractivity contribution in [2.45, 2.75) is 38.5 Å². The molecule has 1 spiro atoms. The summed E-state index contributed by atoms with van der Waals surface area (Å²) in [5.41, 5.74) is 0.368. The highest BCUT2D eigenvalue weighted by Gasteiger charge is 2.37. The Hall–Kier alpha value is -0.610. The zero-order valence-corrected chi connectivity index (χ0v) is 11.5. The second kappa shape index (κ2) is 6.53. The smallest absolute Gasteiger partial charge is 0.222 e. The molecule has 2 aliphatic rings. The number of rotatable bonds is 4. The highest BCUT2D eigenvalue weighted by atomic mass is 16.5. The highest BCUT2D eigenvalue weighted by molar-refractivity contribution is 5.76. The third-order valence-electron chi connectivity index (χ3n) is 4.31. The fourth-order valence-electron chi connectivity index (χ4n) is 3.33. The second-order valence-corrected chi connectivity index (χ2v) is 5.80. The van der Waals surface area contributed by atoms with Crippen molar-refractivity contribution < 1.29 is 9.53 Å². The van der Waals surface area contributed by atoms with Crippen LogP contribution < -0.4 is 5.32 Å². The van der Waals surface area contributed by atoms with E-state index in [2.05, 4.69) is 10.2 Å². The molecule has 2 saturated heterocycles. The quantitative estimate of drug-likeness (QED) is 0.771. The molecular formula is C14H26N2O2. The number of methoxy groups -OCH3 is 1. The van der Waals surface area contributed by atoms with Gasteiger partial charge in [0.1, 0.15) is 0 Å². The first-order chi connectivity index (χ1) is 8.76. The Morgan fingerprint density at radius 3 is 2.94 bits per heavy atom. The van der Waals surface area contributed by atoms with Crippen LogP contribution in [-0.4, -0.2) is 50.7 Å². The lowest BCUT2D eigenvalue weighted by Crippen LogP contribution is -2.52. The van der Waals surface area contributed by atoms with Gasteiger partial charge in [-0.15, -0.1) is 0 Å². The van der Waals surface area contributed by atoms with Gasteiger partial charge in [0.15, 0.2) is 0 Å². The fourth-order valence-corrected chi connectivity index (χ4v) is 3.33. The molecule has 104 valence electrons. The van der Waals surface area contributed by atoms with E-state index in [1.165, 1.54) is 19.3 Å². The third-order valence-corrected chi connectivity index (χ3v) is 4.31. The first kappa shape index (κ1) is 13.8. The van der Waals surface area contributed by atoms with E-state index >= 15 is 0 Å². The molecule has 1 amide bonds. The average Bonchev–Trinajstić information content (AvgIpc) is 2.40. The molecule has 0 radical (unpaired) electrons. The molecule has 1 atom stereocenters. The predicted molar refractivity (Wildman–Crippen MR) is 71.5 cm³/mol. The molecule has 2 heterocycles. The monoisotopic (exact) mass is 254 g/mol.